The van der Waals surface area contributed by atoms with E-state index in [1.165, 1.54) is 24.3 Å². The fourth-order valence-electron chi connectivity index (χ4n) is 2.28. The molecule has 0 bridgehead atoms. The van der Waals surface area contributed by atoms with Crippen molar-refractivity contribution < 1.29 is 4.39 Å². The Bertz CT molecular complexity index is 156. The first-order valence-corrected chi connectivity index (χ1v) is 6.48. The van der Waals surface area contributed by atoms with Crippen molar-refractivity contribution in [3.05, 3.63) is 0 Å². The monoisotopic (exact) mass is 203 g/mol. The summed E-state index contributed by atoms with van der Waals surface area (Å²) in [5, 5.41) is 3.59. The Balaban J connectivity index is 1.71. The van der Waals surface area contributed by atoms with Gasteiger partial charge < -0.3 is 5.32 Å². The van der Waals surface area contributed by atoms with Gasteiger partial charge in [-0.05, 0) is 43.6 Å². The maximum Gasteiger partial charge on any atom is 0.102 e. The van der Waals surface area contributed by atoms with E-state index in [1.807, 2.05) is 11.8 Å². The molecule has 0 aromatic carbocycles. The second-order valence-corrected chi connectivity index (χ2v) is 5.39. The van der Waals surface area contributed by atoms with Crippen LogP contribution in [-0.2, 0) is 0 Å². The van der Waals surface area contributed by atoms with Crippen LogP contribution in [0, 0.1) is 0 Å². The largest absolute Gasteiger partial charge is 0.311 e. The van der Waals surface area contributed by atoms with Gasteiger partial charge in [-0.2, -0.15) is 11.8 Å². The summed E-state index contributed by atoms with van der Waals surface area (Å²) in [7, 11) is 0. The molecular formula is C10H18FNS. The number of rotatable bonds is 2. The average molecular weight is 203 g/mol. The number of thioether (sulfide) groups is 1. The van der Waals surface area contributed by atoms with Crippen LogP contribution in [0.15, 0.2) is 0 Å². The molecule has 1 saturated heterocycles. The van der Waals surface area contributed by atoms with Gasteiger partial charge >= 0.3 is 0 Å². The molecule has 2 fully saturated rings. The first kappa shape index (κ1) is 9.78. The minimum Gasteiger partial charge on any atom is -0.311 e. The molecule has 1 N–H and O–H groups in total. The summed E-state index contributed by atoms with van der Waals surface area (Å²) in [5.41, 5.74) is 0. The SMILES string of the molecule is FC1CCC(NC2CCSCC2)C1. The molecule has 13 heavy (non-hydrogen) atoms. The lowest BCUT2D eigenvalue weighted by Gasteiger charge is -2.26. The van der Waals surface area contributed by atoms with Crippen molar-refractivity contribution in [3.63, 3.8) is 0 Å². The Morgan fingerprint density at radius 2 is 1.77 bits per heavy atom. The number of hydrogen-bond donors (Lipinski definition) is 1. The van der Waals surface area contributed by atoms with Crippen molar-refractivity contribution in [2.24, 2.45) is 0 Å². The molecule has 0 spiro atoms. The topological polar surface area (TPSA) is 12.0 Å². The van der Waals surface area contributed by atoms with Crippen molar-refractivity contribution in [2.45, 2.75) is 50.4 Å². The molecule has 2 rings (SSSR count). The van der Waals surface area contributed by atoms with E-state index < -0.39 is 6.17 Å². The van der Waals surface area contributed by atoms with Crippen LogP contribution >= 0.6 is 11.8 Å². The van der Waals surface area contributed by atoms with Crippen LogP contribution in [-0.4, -0.2) is 29.8 Å². The third-order valence-electron chi connectivity index (χ3n) is 3.06. The first-order valence-electron chi connectivity index (χ1n) is 5.32. The van der Waals surface area contributed by atoms with Crippen molar-refractivity contribution in [1.29, 1.82) is 0 Å². The van der Waals surface area contributed by atoms with Gasteiger partial charge in [0.2, 0.25) is 0 Å². The number of alkyl halides is 1. The molecule has 1 heterocycles. The maximum atomic E-state index is 12.9. The van der Waals surface area contributed by atoms with Gasteiger partial charge in [-0.1, -0.05) is 0 Å². The Kier molecular flexibility index (Phi) is 3.50. The highest BCUT2D eigenvalue weighted by molar-refractivity contribution is 7.99. The molecule has 0 aromatic heterocycles. The fraction of sp³-hybridized carbons (Fsp3) is 1.00. The zero-order chi connectivity index (χ0) is 9.10. The van der Waals surface area contributed by atoms with Gasteiger partial charge in [0.15, 0.2) is 0 Å². The van der Waals surface area contributed by atoms with Crippen molar-refractivity contribution in [2.75, 3.05) is 11.5 Å². The van der Waals surface area contributed by atoms with E-state index in [4.69, 9.17) is 0 Å². The third-order valence-corrected chi connectivity index (χ3v) is 4.11. The summed E-state index contributed by atoms with van der Waals surface area (Å²) in [6, 6.07) is 1.15. The van der Waals surface area contributed by atoms with E-state index in [2.05, 4.69) is 5.32 Å². The number of halogens is 1. The summed E-state index contributed by atoms with van der Waals surface area (Å²) >= 11 is 2.04. The molecule has 1 saturated carbocycles. The molecule has 2 aliphatic rings. The van der Waals surface area contributed by atoms with E-state index in [0.717, 1.165) is 19.3 Å². The maximum absolute atomic E-state index is 12.9. The smallest absolute Gasteiger partial charge is 0.102 e. The summed E-state index contributed by atoms with van der Waals surface area (Å²) < 4.78 is 12.9. The van der Waals surface area contributed by atoms with Gasteiger partial charge in [0.05, 0.1) is 0 Å². The molecule has 1 aliphatic carbocycles. The minimum absolute atomic E-state index is 0.475. The lowest BCUT2D eigenvalue weighted by molar-refractivity contribution is 0.325. The van der Waals surface area contributed by atoms with Gasteiger partial charge in [-0.15, -0.1) is 0 Å². The van der Waals surface area contributed by atoms with Gasteiger partial charge in [0.25, 0.3) is 0 Å². The van der Waals surface area contributed by atoms with E-state index in [-0.39, 0.29) is 0 Å². The second kappa shape index (κ2) is 4.65. The van der Waals surface area contributed by atoms with Crippen LogP contribution < -0.4 is 5.32 Å². The molecule has 1 nitrogen and oxygen atoms in total. The third kappa shape index (κ3) is 2.84. The zero-order valence-electron chi connectivity index (χ0n) is 7.97. The summed E-state index contributed by atoms with van der Waals surface area (Å²) in [6.07, 6.45) is 4.60. The molecule has 0 radical (unpaired) electrons. The Labute approximate surface area is 83.9 Å². The van der Waals surface area contributed by atoms with Crippen molar-refractivity contribution in [3.8, 4) is 0 Å². The Morgan fingerprint density at radius 3 is 2.38 bits per heavy atom. The molecule has 1 aliphatic heterocycles. The Morgan fingerprint density at radius 1 is 1.00 bits per heavy atom. The lowest BCUT2D eigenvalue weighted by Crippen LogP contribution is -2.39. The van der Waals surface area contributed by atoms with Gasteiger partial charge in [-0.25, -0.2) is 4.39 Å². The van der Waals surface area contributed by atoms with Crippen LogP contribution in [0.1, 0.15) is 32.1 Å². The minimum atomic E-state index is -0.532. The highest BCUT2D eigenvalue weighted by Crippen LogP contribution is 2.24. The molecule has 3 heteroatoms. The van der Waals surface area contributed by atoms with E-state index in [1.54, 1.807) is 0 Å². The Hall–Kier alpha value is 0.240. The normalized spacial score (nSPS) is 36.7. The van der Waals surface area contributed by atoms with Crippen molar-refractivity contribution >= 4 is 11.8 Å². The van der Waals surface area contributed by atoms with Crippen LogP contribution in [0.5, 0.6) is 0 Å². The number of nitrogens with one attached hydrogen (secondary N) is 1. The van der Waals surface area contributed by atoms with E-state index in [0.29, 0.717) is 12.1 Å². The van der Waals surface area contributed by atoms with Gasteiger partial charge in [0, 0.05) is 12.1 Å². The van der Waals surface area contributed by atoms with E-state index in [9.17, 15) is 4.39 Å². The summed E-state index contributed by atoms with van der Waals surface area (Å²) in [6.45, 7) is 0. The van der Waals surface area contributed by atoms with Crippen LogP contribution in [0.2, 0.25) is 0 Å². The zero-order valence-corrected chi connectivity index (χ0v) is 8.78. The van der Waals surface area contributed by atoms with Crippen LogP contribution in [0.4, 0.5) is 4.39 Å². The number of hydrogen-bond acceptors (Lipinski definition) is 2. The molecule has 0 aromatic rings. The highest BCUT2D eigenvalue weighted by atomic mass is 32.2. The van der Waals surface area contributed by atoms with Crippen molar-refractivity contribution in [1.82, 2.24) is 5.32 Å². The highest BCUT2D eigenvalue weighted by Gasteiger charge is 2.26. The summed E-state index contributed by atoms with van der Waals surface area (Å²) in [4.78, 5) is 0. The van der Waals surface area contributed by atoms with Gasteiger partial charge in [0.1, 0.15) is 6.17 Å². The van der Waals surface area contributed by atoms with E-state index >= 15 is 0 Å². The van der Waals surface area contributed by atoms with Crippen LogP contribution in [0.3, 0.4) is 0 Å². The molecule has 2 unspecified atom stereocenters. The predicted octanol–water partition coefficient (Wildman–Crippen LogP) is 2.36. The quantitative estimate of drug-likeness (QED) is 0.739. The molecular weight excluding hydrogens is 185 g/mol. The molecule has 76 valence electrons. The first-order chi connectivity index (χ1) is 6.34. The summed E-state index contributed by atoms with van der Waals surface area (Å²) in [5.74, 6) is 2.56. The second-order valence-electron chi connectivity index (χ2n) is 4.16. The standard InChI is InChI=1S/C10H18FNS/c11-8-1-2-10(7-8)12-9-3-5-13-6-4-9/h8-10,12H,1-7H2. The fourth-order valence-corrected chi connectivity index (χ4v) is 3.38. The van der Waals surface area contributed by atoms with Crippen LogP contribution in [0.25, 0.3) is 0 Å². The molecule has 2 atom stereocenters. The average Bonchev–Trinajstić information content (AvgIpc) is 2.53. The van der Waals surface area contributed by atoms with Gasteiger partial charge in [-0.3, -0.25) is 0 Å². The molecule has 0 amide bonds. The predicted molar refractivity (Wildman–Crippen MR) is 56.0 cm³/mol. The lowest BCUT2D eigenvalue weighted by atomic mass is 10.1.